The van der Waals surface area contributed by atoms with Gasteiger partial charge in [0.25, 0.3) is 0 Å². The number of nitrogens with zero attached hydrogens (tertiary/aromatic N) is 2. The predicted molar refractivity (Wildman–Crippen MR) is 85.8 cm³/mol. The molecule has 0 aliphatic rings. The number of rotatable bonds is 3. The third-order valence-corrected chi connectivity index (χ3v) is 2.97. The van der Waals surface area contributed by atoms with Crippen molar-refractivity contribution in [3.8, 4) is 11.5 Å². The van der Waals surface area contributed by atoms with Gasteiger partial charge in [-0.05, 0) is 12.1 Å². The maximum atomic E-state index is 12.1. The Bertz CT molecular complexity index is 1040. The maximum Gasteiger partial charge on any atom is 0.470 e. The van der Waals surface area contributed by atoms with E-state index in [4.69, 9.17) is 5.73 Å². The van der Waals surface area contributed by atoms with E-state index in [0.717, 1.165) is 6.07 Å². The molecule has 3 aromatic heterocycles. The fraction of sp³-hybridized carbons (Fsp3) is 0.133. The number of alkyl halides is 3. The minimum Gasteiger partial charge on any atom is -0.413 e. The number of hydrogen-bond donors (Lipinski definition) is 3. The van der Waals surface area contributed by atoms with Crippen molar-refractivity contribution in [1.29, 1.82) is 0 Å². The Morgan fingerprint density at radius 1 is 1.07 bits per heavy atom. The molecule has 0 aliphatic heterocycles. The molecule has 3 rings (SSSR count). The SMILES string of the molecule is NCC(=O)c1cc[nH]c(=O)c1.O=c1cc(-c2nnc(C(F)(F)F)o2)cc[nH]1. The lowest BCUT2D eigenvalue weighted by Gasteiger charge is -1.97. The average Bonchev–Trinajstić information content (AvgIpc) is 3.12. The molecule has 9 nitrogen and oxygen atoms in total. The summed E-state index contributed by atoms with van der Waals surface area (Å²) in [4.78, 5) is 37.2. The zero-order chi connectivity index (χ0) is 20.0. The van der Waals surface area contributed by atoms with Gasteiger partial charge in [0, 0.05) is 35.7 Å². The van der Waals surface area contributed by atoms with Gasteiger partial charge in [0.05, 0.1) is 6.54 Å². The van der Waals surface area contributed by atoms with Crippen LogP contribution < -0.4 is 16.9 Å². The lowest BCUT2D eigenvalue weighted by molar-refractivity contribution is -0.156. The molecule has 0 aromatic carbocycles. The van der Waals surface area contributed by atoms with Crippen LogP contribution in [0.2, 0.25) is 0 Å². The van der Waals surface area contributed by atoms with Crippen LogP contribution in [0.1, 0.15) is 16.2 Å². The van der Waals surface area contributed by atoms with Gasteiger partial charge in [-0.1, -0.05) is 0 Å². The van der Waals surface area contributed by atoms with E-state index in [9.17, 15) is 27.6 Å². The van der Waals surface area contributed by atoms with Crippen molar-refractivity contribution >= 4 is 5.78 Å². The van der Waals surface area contributed by atoms with E-state index in [0.29, 0.717) is 5.56 Å². The van der Waals surface area contributed by atoms with Gasteiger partial charge in [0.2, 0.25) is 17.0 Å². The van der Waals surface area contributed by atoms with E-state index in [2.05, 4.69) is 24.6 Å². The topological polar surface area (TPSA) is 148 Å². The molecule has 0 amide bonds. The van der Waals surface area contributed by atoms with Crippen LogP contribution in [-0.4, -0.2) is 32.5 Å². The number of halogens is 3. The number of carbonyl (C=O) groups excluding carboxylic acids is 1. The number of carbonyl (C=O) groups is 1. The van der Waals surface area contributed by atoms with E-state index < -0.39 is 17.6 Å². The molecule has 142 valence electrons. The standard InChI is InChI=1S/C8H4F3N3O2.C7H8N2O2/c9-8(10,11)7-14-13-6(16-7)4-1-2-12-5(15)3-4;8-4-6(10)5-1-2-9-7(11)3-5/h1-3H,(H,12,15);1-3H,4,8H2,(H,9,11). The summed E-state index contributed by atoms with van der Waals surface area (Å²) in [5, 5.41) is 6.04. The summed E-state index contributed by atoms with van der Waals surface area (Å²) in [6.07, 6.45) is -1.99. The largest absolute Gasteiger partial charge is 0.470 e. The minimum atomic E-state index is -4.69. The number of aromatic nitrogens is 4. The van der Waals surface area contributed by atoms with E-state index in [1.807, 2.05) is 0 Å². The average molecular weight is 383 g/mol. The molecular weight excluding hydrogens is 371 g/mol. The third-order valence-electron chi connectivity index (χ3n) is 2.97. The second-order valence-electron chi connectivity index (χ2n) is 4.92. The monoisotopic (exact) mass is 383 g/mol. The van der Waals surface area contributed by atoms with Gasteiger partial charge in [-0.25, -0.2) is 0 Å². The lowest BCUT2D eigenvalue weighted by atomic mass is 10.2. The molecule has 3 heterocycles. The van der Waals surface area contributed by atoms with Gasteiger partial charge >= 0.3 is 12.1 Å². The highest BCUT2D eigenvalue weighted by Gasteiger charge is 2.38. The van der Waals surface area contributed by atoms with E-state index >= 15 is 0 Å². The first-order chi connectivity index (χ1) is 12.7. The molecule has 0 atom stereocenters. The molecule has 0 aliphatic carbocycles. The quantitative estimate of drug-likeness (QED) is 0.571. The molecule has 3 aromatic rings. The predicted octanol–water partition coefficient (Wildman–Crippen LogP) is 0.960. The zero-order valence-corrected chi connectivity index (χ0v) is 13.4. The molecule has 0 fully saturated rings. The van der Waals surface area contributed by atoms with Crippen LogP contribution >= 0.6 is 0 Å². The molecule has 0 radical (unpaired) electrons. The fourth-order valence-corrected chi connectivity index (χ4v) is 1.77. The first-order valence-electron chi connectivity index (χ1n) is 7.22. The zero-order valence-electron chi connectivity index (χ0n) is 13.4. The minimum absolute atomic E-state index is 0.0660. The van der Waals surface area contributed by atoms with Gasteiger partial charge in [-0.2, -0.15) is 13.2 Å². The molecule has 0 saturated heterocycles. The normalized spacial score (nSPS) is 10.8. The number of aromatic amines is 2. The van der Waals surface area contributed by atoms with Crippen LogP contribution in [0.3, 0.4) is 0 Å². The number of pyridine rings is 2. The maximum absolute atomic E-state index is 12.1. The Labute approximate surface area is 148 Å². The van der Waals surface area contributed by atoms with Crippen molar-refractivity contribution in [2.75, 3.05) is 6.54 Å². The number of Topliss-reactive ketones (excluding diaryl/α,β-unsaturated/α-hetero) is 1. The van der Waals surface area contributed by atoms with Gasteiger partial charge in [0.15, 0.2) is 5.78 Å². The summed E-state index contributed by atoms with van der Waals surface area (Å²) in [7, 11) is 0. The van der Waals surface area contributed by atoms with Crippen LogP contribution in [0, 0.1) is 0 Å². The molecule has 12 heteroatoms. The third kappa shape index (κ3) is 5.47. The van der Waals surface area contributed by atoms with E-state index in [-0.39, 0.29) is 29.3 Å². The van der Waals surface area contributed by atoms with Crippen LogP contribution in [0.15, 0.2) is 50.7 Å². The second kappa shape index (κ2) is 8.23. The van der Waals surface area contributed by atoms with Crippen LogP contribution in [0.4, 0.5) is 13.2 Å². The lowest BCUT2D eigenvalue weighted by Crippen LogP contribution is -2.16. The molecule has 4 N–H and O–H groups in total. The Kier molecular flexibility index (Phi) is 6.03. The molecule has 0 spiro atoms. The van der Waals surface area contributed by atoms with Crippen molar-refractivity contribution < 1.29 is 22.4 Å². The molecule has 27 heavy (non-hydrogen) atoms. The second-order valence-corrected chi connectivity index (χ2v) is 4.92. The number of ketones is 1. The Morgan fingerprint density at radius 2 is 1.70 bits per heavy atom. The van der Waals surface area contributed by atoms with Gasteiger partial charge in [-0.15, -0.1) is 10.2 Å². The fourth-order valence-electron chi connectivity index (χ4n) is 1.77. The van der Waals surface area contributed by atoms with E-state index in [1.54, 1.807) is 0 Å². The van der Waals surface area contributed by atoms with Crippen molar-refractivity contribution in [2.24, 2.45) is 5.73 Å². The van der Waals surface area contributed by atoms with Crippen molar-refractivity contribution in [3.05, 3.63) is 68.8 Å². The Morgan fingerprint density at radius 3 is 2.22 bits per heavy atom. The van der Waals surface area contributed by atoms with Crippen LogP contribution in [0.25, 0.3) is 11.5 Å². The summed E-state index contributed by atoms with van der Waals surface area (Å²) >= 11 is 0. The van der Waals surface area contributed by atoms with E-state index in [1.165, 1.54) is 30.6 Å². The molecule has 0 unspecified atom stereocenters. The van der Waals surface area contributed by atoms with Crippen molar-refractivity contribution in [1.82, 2.24) is 20.2 Å². The smallest absolute Gasteiger partial charge is 0.413 e. The van der Waals surface area contributed by atoms with Crippen molar-refractivity contribution in [2.45, 2.75) is 6.18 Å². The summed E-state index contributed by atoms with van der Waals surface area (Å²) in [6, 6.07) is 5.18. The Hall–Kier alpha value is -3.54. The molecule has 0 saturated carbocycles. The first-order valence-corrected chi connectivity index (χ1v) is 7.22. The van der Waals surface area contributed by atoms with Gasteiger partial charge in [0.1, 0.15) is 0 Å². The summed E-state index contributed by atoms with van der Waals surface area (Å²) < 4.78 is 40.8. The number of nitrogens with one attached hydrogen (secondary N) is 2. The highest BCUT2D eigenvalue weighted by Crippen LogP contribution is 2.29. The summed E-state index contributed by atoms with van der Waals surface area (Å²) in [5.41, 5.74) is 4.83. The Balaban J connectivity index is 0.000000208. The summed E-state index contributed by atoms with van der Waals surface area (Å²) in [5.74, 6) is -2.02. The number of hydrogen-bond acceptors (Lipinski definition) is 7. The highest BCUT2D eigenvalue weighted by molar-refractivity contribution is 5.97. The van der Waals surface area contributed by atoms with Crippen molar-refractivity contribution in [3.63, 3.8) is 0 Å². The van der Waals surface area contributed by atoms with Crippen LogP contribution in [0.5, 0.6) is 0 Å². The number of H-pyrrole nitrogens is 2. The molecular formula is C15H12F3N5O4. The highest BCUT2D eigenvalue weighted by atomic mass is 19.4. The van der Waals surface area contributed by atoms with Crippen LogP contribution in [-0.2, 0) is 6.18 Å². The summed E-state index contributed by atoms with van der Waals surface area (Å²) in [6.45, 7) is -0.0660. The molecule has 0 bridgehead atoms. The number of nitrogens with two attached hydrogens (primary N) is 1. The van der Waals surface area contributed by atoms with Gasteiger partial charge < -0.3 is 20.1 Å². The van der Waals surface area contributed by atoms with Gasteiger partial charge in [-0.3, -0.25) is 14.4 Å². The first kappa shape index (κ1) is 19.8.